The van der Waals surface area contributed by atoms with E-state index in [1.54, 1.807) is 0 Å². The van der Waals surface area contributed by atoms with E-state index < -0.39 is 18.6 Å². The number of carbonyl (C=O) groups excluding carboxylic acids is 1. The third kappa shape index (κ3) is 4.09. The number of halogens is 4. The molecule has 0 aliphatic rings. The van der Waals surface area contributed by atoms with E-state index in [1.165, 1.54) is 18.3 Å². The van der Waals surface area contributed by atoms with Crippen LogP contribution in [0, 0.1) is 0 Å². The monoisotopic (exact) mass is 319 g/mol. The molecular formula is C11H9ClF3N5O. The number of nitrogens with one attached hydrogen (secondary N) is 1. The smallest absolute Gasteiger partial charge is 0.384 e. The van der Waals surface area contributed by atoms with Crippen LogP contribution in [0.5, 0.6) is 0 Å². The second-order valence-electron chi connectivity index (χ2n) is 4.06. The maximum atomic E-state index is 12.2. The van der Waals surface area contributed by atoms with Crippen LogP contribution in [0.4, 0.5) is 24.8 Å². The highest BCUT2D eigenvalue weighted by Gasteiger charge is 2.29. The molecule has 10 heteroatoms. The largest absolute Gasteiger partial charge is 0.408 e. The maximum Gasteiger partial charge on any atom is 0.408 e. The first-order valence-corrected chi connectivity index (χ1v) is 5.95. The molecule has 0 atom stereocenters. The molecule has 21 heavy (non-hydrogen) atoms. The summed E-state index contributed by atoms with van der Waals surface area (Å²) in [6.07, 6.45) is -2.13. The number of nitrogens with two attached hydrogens (primary N) is 1. The molecule has 0 saturated heterocycles. The normalized spacial score (nSPS) is 11.4. The van der Waals surface area contributed by atoms with Crippen LogP contribution in [0.2, 0.25) is 5.02 Å². The number of carbonyl (C=O) groups is 1. The molecule has 0 aromatic carbocycles. The average molecular weight is 320 g/mol. The standard InChI is InChI=1S/C11H9ClF3N5O/c12-7-4-20(5-11(13,14)15)19-9(7)18-10(21)6-1-2-17-8(16)3-6/h1-4H,5H2,(H2,16,17)(H,18,19,21). The van der Waals surface area contributed by atoms with Crippen molar-refractivity contribution in [2.75, 3.05) is 11.1 Å². The molecule has 0 saturated carbocycles. The summed E-state index contributed by atoms with van der Waals surface area (Å²) in [5.41, 5.74) is 5.62. The first-order valence-electron chi connectivity index (χ1n) is 5.57. The Balaban J connectivity index is 2.14. The van der Waals surface area contributed by atoms with Gasteiger partial charge in [-0.1, -0.05) is 11.6 Å². The van der Waals surface area contributed by atoms with Gasteiger partial charge in [-0.2, -0.15) is 18.3 Å². The van der Waals surface area contributed by atoms with Crippen molar-refractivity contribution in [1.82, 2.24) is 14.8 Å². The first-order chi connectivity index (χ1) is 9.74. The minimum Gasteiger partial charge on any atom is -0.384 e. The molecular weight excluding hydrogens is 311 g/mol. The summed E-state index contributed by atoms with van der Waals surface area (Å²) in [6.45, 7) is -1.30. The molecule has 0 aliphatic carbocycles. The number of pyridine rings is 1. The highest BCUT2D eigenvalue weighted by Crippen LogP contribution is 2.23. The number of rotatable bonds is 3. The summed E-state index contributed by atoms with van der Waals surface area (Å²) < 4.78 is 37.3. The molecule has 2 heterocycles. The molecule has 1 amide bonds. The van der Waals surface area contributed by atoms with Crippen molar-refractivity contribution in [2.24, 2.45) is 0 Å². The van der Waals surface area contributed by atoms with Crippen molar-refractivity contribution in [3.05, 3.63) is 35.1 Å². The number of aromatic nitrogens is 3. The Morgan fingerprint density at radius 1 is 1.48 bits per heavy atom. The van der Waals surface area contributed by atoms with Crippen LogP contribution in [0.1, 0.15) is 10.4 Å². The SMILES string of the molecule is Nc1cc(C(=O)Nc2nn(CC(F)(F)F)cc2Cl)ccn1. The third-order valence-electron chi connectivity index (χ3n) is 2.33. The highest BCUT2D eigenvalue weighted by molar-refractivity contribution is 6.33. The summed E-state index contributed by atoms with van der Waals surface area (Å²) in [7, 11) is 0. The Kier molecular flexibility index (Phi) is 4.03. The number of amides is 1. The van der Waals surface area contributed by atoms with E-state index in [1.807, 2.05) is 0 Å². The van der Waals surface area contributed by atoms with Gasteiger partial charge in [-0.25, -0.2) is 4.98 Å². The summed E-state index contributed by atoms with van der Waals surface area (Å²) in [5.74, 6) is -0.638. The van der Waals surface area contributed by atoms with Gasteiger partial charge in [0.05, 0.1) is 0 Å². The van der Waals surface area contributed by atoms with Crippen molar-refractivity contribution in [3.63, 3.8) is 0 Å². The molecule has 0 bridgehead atoms. The minimum atomic E-state index is -4.43. The van der Waals surface area contributed by atoms with Gasteiger partial charge in [-0.3, -0.25) is 9.48 Å². The number of hydrogen-bond acceptors (Lipinski definition) is 4. The lowest BCUT2D eigenvalue weighted by atomic mass is 10.2. The fourth-order valence-corrected chi connectivity index (χ4v) is 1.71. The zero-order valence-corrected chi connectivity index (χ0v) is 11.1. The molecule has 0 unspecified atom stereocenters. The fraction of sp³-hybridized carbons (Fsp3) is 0.182. The third-order valence-corrected chi connectivity index (χ3v) is 2.61. The van der Waals surface area contributed by atoms with Gasteiger partial charge in [0.2, 0.25) is 0 Å². The lowest BCUT2D eigenvalue weighted by Crippen LogP contribution is -2.18. The van der Waals surface area contributed by atoms with E-state index in [0.29, 0.717) is 4.68 Å². The van der Waals surface area contributed by atoms with Crippen molar-refractivity contribution in [2.45, 2.75) is 12.7 Å². The molecule has 3 N–H and O–H groups in total. The van der Waals surface area contributed by atoms with E-state index in [4.69, 9.17) is 17.3 Å². The van der Waals surface area contributed by atoms with E-state index in [9.17, 15) is 18.0 Å². The quantitative estimate of drug-likeness (QED) is 0.909. The van der Waals surface area contributed by atoms with Gasteiger partial charge in [0.25, 0.3) is 5.91 Å². The number of nitrogens with zero attached hydrogens (tertiary/aromatic N) is 3. The van der Waals surface area contributed by atoms with Gasteiger partial charge in [0.15, 0.2) is 5.82 Å². The van der Waals surface area contributed by atoms with Crippen LogP contribution < -0.4 is 11.1 Å². The fourth-order valence-electron chi connectivity index (χ4n) is 1.52. The Morgan fingerprint density at radius 3 is 2.81 bits per heavy atom. The number of hydrogen-bond donors (Lipinski definition) is 2. The topological polar surface area (TPSA) is 85.8 Å². The van der Waals surface area contributed by atoms with Crippen molar-refractivity contribution in [3.8, 4) is 0 Å². The molecule has 6 nitrogen and oxygen atoms in total. The number of anilines is 2. The minimum absolute atomic E-state index is 0.102. The van der Waals surface area contributed by atoms with Crippen LogP contribution in [0.25, 0.3) is 0 Å². The van der Waals surface area contributed by atoms with Crippen molar-refractivity contribution in [1.29, 1.82) is 0 Å². The van der Waals surface area contributed by atoms with Gasteiger partial charge in [0, 0.05) is 18.0 Å². The molecule has 112 valence electrons. The zero-order valence-electron chi connectivity index (χ0n) is 10.4. The van der Waals surface area contributed by atoms with Crippen molar-refractivity contribution >= 4 is 29.1 Å². The predicted octanol–water partition coefficient (Wildman–Crippen LogP) is 2.33. The lowest BCUT2D eigenvalue weighted by molar-refractivity contribution is -0.142. The first kappa shape index (κ1) is 15.1. The molecule has 0 radical (unpaired) electrons. The number of alkyl halides is 3. The highest BCUT2D eigenvalue weighted by atomic mass is 35.5. The van der Waals surface area contributed by atoms with E-state index >= 15 is 0 Å². The van der Waals surface area contributed by atoms with Gasteiger partial charge < -0.3 is 11.1 Å². The average Bonchev–Trinajstić information content (AvgIpc) is 2.67. The van der Waals surface area contributed by atoms with Gasteiger partial charge in [0.1, 0.15) is 17.4 Å². The van der Waals surface area contributed by atoms with Crippen molar-refractivity contribution < 1.29 is 18.0 Å². The van der Waals surface area contributed by atoms with Crippen LogP contribution in [-0.2, 0) is 6.54 Å². The van der Waals surface area contributed by atoms with E-state index in [2.05, 4.69) is 15.4 Å². The molecule has 2 rings (SSSR count). The maximum absolute atomic E-state index is 12.2. The predicted molar refractivity (Wildman–Crippen MR) is 69.9 cm³/mol. The second-order valence-corrected chi connectivity index (χ2v) is 4.47. The van der Waals surface area contributed by atoms with Gasteiger partial charge in [-0.05, 0) is 12.1 Å². The van der Waals surface area contributed by atoms with Crippen LogP contribution in [0.3, 0.4) is 0 Å². The molecule has 2 aromatic heterocycles. The van der Waals surface area contributed by atoms with Crippen LogP contribution in [-0.4, -0.2) is 26.8 Å². The molecule has 0 spiro atoms. The molecule has 0 fully saturated rings. The van der Waals surface area contributed by atoms with Gasteiger partial charge >= 0.3 is 6.18 Å². The Labute approximate surface area is 121 Å². The van der Waals surface area contributed by atoms with E-state index in [0.717, 1.165) is 6.20 Å². The van der Waals surface area contributed by atoms with Gasteiger partial charge in [-0.15, -0.1) is 0 Å². The summed E-state index contributed by atoms with van der Waals surface area (Å²) in [5, 5.41) is 5.77. The number of nitrogen functional groups attached to an aromatic ring is 1. The zero-order chi connectivity index (χ0) is 15.6. The molecule has 0 aliphatic heterocycles. The summed E-state index contributed by atoms with van der Waals surface area (Å²) >= 11 is 5.73. The van der Waals surface area contributed by atoms with Crippen LogP contribution in [0.15, 0.2) is 24.5 Å². The van der Waals surface area contributed by atoms with E-state index in [-0.39, 0.29) is 22.2 Å². The Bertz CT molecular complexity index is 670. The Hall–Kier alpha value is -2.29. The lowest BCUT2D eigenvalue weighted by Gasteiger charge is -2.05. The summed E-state index contributed by atoms with van der Waals surface area (Å²) in [4.78, 5) is 15.6. The molecule has 2 aromatic rings. The Morgan fingerprint density at radius 2 is 2.19 bits per heavy atom. The second kappa shape index (κ2) is 5.60. The summed E-state index contributed by atoms with van der Waals surface area (Å²) in [6, 6.07) is 2.71. The van der Waals surface area contributed by atoms with Crippen LogP contribution >= 0.6 is 11.6 Å².